The Balaban J connectivity index is 1.74. The van der Waals surface area contributed by atoms with Gasteiger partial charge >= 0.3 is 0 Å². The van der Waals surface area contributed by atoms with E-state index in [0.717, 1.165) is 6.07 Å². The molecule has 1 aliphatic rings. The number of rotatable bonds is 6. The van der Waals surface area contributed by atoms with Gasteiger partial charge in [0.2, 0.25) is 10.0 Å². The Morgan fingerprint density at radius 3 is 2.21 bits per heavy atom. The first kappa shape index (κ1) is 20.8. The molecule has 2 aromatic rings. The van der Waals surface area contributed by atoms with Gasteiger partial charge in [-0.2, -0.15) is 4.31 Å². The molecule has 0 aliphatic carbocycles. The van der Waals surface area contributed by atoms with Crippen molar-refractivity contribution in [3.8, 4) is 5.75 Å². The number of sulfone groups is 1. The Kier molecular flexibility index (Phi) is 6.07. The van der Waals surface area contributed by atoms with Gasteiger partial charge in [-0.1, -0.05) is 18.2 Å². The minimum absolute atomic E-state index is 0.00545. The van der Waals surface area contributed by atoms with Gasteiger partial charge in [0.05, 0.1) is 21.6 Å². The van der Waals surface area contributed by atoms with Crippen LogP contribution in [0.2, 0.25) is 0 Å². The fourth-order valence-electron chi connectivity index (χ4n) is 3.25. The minimum Gasteiger partial charge on any atom is -0.491 e. The second kappa shape index (κ2) is 8.18. The smallest absolute Gasteiger partial charge is 0.243 e. The molecule has 9 heteroatoms. The van der Waals surface area contributed by atoms with Crippen LogP contribution in [0.3, 0.4) is 0 Å². The molecule has 3 rings (SSSR count). The molecule has 0 saturated carbocycles. The molecule has 0 N–H and O–H groups in total. The fraction of sp³-hybridized carbons (Fsp3) is 0.368. The highest BCUT2D eigenvalue weighted by atomic mass is 32.2. The van der Waals surface area contributed by atoms with Gasteiger partial charge in [-0.3, -0.25) is 0 Å². The van der Waals surface area contributed by atoms with E-state index >= 15 is 0 Å². The summed E-state index contributed by atoms with van der Waals surface area (Å²) in [6, 6.07) is 11.7. The third-order valence-corrected chi connectivity index (χ3v) is 8.93. The standard InChI is InChI=1S/C19H22FNO5S2/c1-2-26-19-9-8-17(14-18(19)20)28(24,25)21-12-10-16(11-13-21)27(22,23)15-6-4-3-5-7-15/h3-9,14,16H,2,10-13H2,1H3. The van der Waals surface area contributed by atoms with Crippen LogP contribution in [-0.4, -0.2) is 46.1 Å². The third kappa shape index (κ3) is 4.06. The van der Waals surface area contributed by atoms with Crippen molar-refractivity contribution in [3.05, 3.63) is 54.3 Å². The molecule has 0 unspecified atom stereocenters. The second-order valence-corrected chi connectivity index (χ2v) is 10.7. The maximum atomic E-state index is 14.1. The number of halogens is 1. The molecule has 28 heavy (non-hydrogen) atoms. The van der Waals surface area contributed by atoms with Crippen LogP contribution in [-0.2, 0) is 19.9 Å². The minimum atomic E-state index is -3.91. The van der Waals surface area contributed by atoms with E-state index in [0.29, 0.717) is 0 Å². The average Bonchev–Trinajstić information content (AvgIpc) is 2.70. The molecular formula is C19H22FNO5S2. The highest BCUT2D eigenvalue weighted by molar-refractivity contribution is 7.92. The topological polar surface area (TPSA) is 80.8 Å². The van der Waals surface area contributed by atoms with Crippen LogP contribution in [0.4, 0.5) is 4.39 Å². The number of benzene rings is 2. The van der Waals surface area contributed by atoms with Crippen molar-refractivity contribution in [2.45, 2.75) is 34.8 Å². The zero-order valence-electron chi connectivity index (χ0n) is 15.4. The van der Waals surface area contributed by atoms with Crippen molar-refractivity contribution < 1.29 is 26.0 Å². The number of nitrogens with zero attached hydrogens (tertiary/aromatic N) is 1. The predicted octanol–water partition coefficient (Wildman–Crippen LogP) is 2.85. The predicted molar refractivity (Wildman–Crippen MR) is 103 cm³/mol. The van der Waals surface area contributed by atoms with Crippen molar-refractivity contribution in [3.63, 3.8) is 0 Å². The van der Waals surface area contributed by atoms with Gasteiger partial charge in [0.15, 0.2) is 21.4 Å². The molecule has 6 nitrogen and oxygen atoms in total. The number of ether oxygens (including phenoxy) is 1. The maximum absolute atomic E-state index is 14.1. The van der Waals surface area contributed by atoms with Crippen molar-refractivity contribution in [1.29, 1.82) is 0 Å². The van der Waals surface area contributed by atoms with Crippen molar-refractivity contribution in [2.24, 2.45) is 0 Å². The van der Waals surface area contributed by atoms with Gasteiger partial charge in [-0.05, 0) is 50.1 Å². The fourth-order valence-corrected chi connectivity index (χ4v) is 6.48. The van der Waals surface area contributed by atoms with Gasteiger partial charge in [-0.25, -0.2) is 21.2 Å². The molecule has 0 radical (unpaired) electrons. The van der Waals surface area contributed by atoms with Gasteiger partial charge in [0, 0.05) is 13.1 Å². The zero-order valence-corrected chi connectivity index (χ0v) is 17.0. The summed E-state index contributed by atoms with van der Waals surface area (Å²) in [6.45, 7) is 2.10. The van der Waals surface area contributed by atoms with E-state index in [4.69, 9.17) is 4.74 Å². The lowest BCUT2D eigenvalue weighted by Crippen LogP contribution is -2.42. The zero-order chi connectivity index (χ0) is 20.4. The lowest BCUT2D eigenvalue weighted by molar-refractivity contribution is 0.320. The number of hydrogen-bond donors (Lipinski definition) is 0. The Morgan fingerprint density at radius 1 is 1.00 bits per heavy atom. The quantitative estimate of drug-likeness (QED) is 0.708. The molecule has 1 aliphatic heterocycles. The lowest BCUT2D eigenvalue weighted by Gasteiger charge is -2.31. The Hall–Kier alpha value is -1.97. The van der Waals surface area contributed by atoms with Crippen LogP contribution < -0.4 is 4.74 Å². The number of piperidine rings is 1. The highest BCUT2D eigenvalue weighted by Gasteiger charge is 2.35. The molecule has 1 fully saturated rings. The van der Waals surface area contributed by atoms with E-state index in [1.807, 2.05) is 0 Å². The van der Waals surface area contributed by atoms with Crippen LogP contribution in [0.15, 0.2) is 58.3 Å². The summed E-state index contributed by atoms with van der Waals surface area (Å²) >= 11 is 0. The van der Waals surface area contributed by atoms with E-state index in [1.54, 1.807) is 37.3 Å². The van der Waals surface area contributed by atoms with Crippen LogP contribution in [0.25, 0.3) is 0 Å². The molecule has 1 saturated heterocycles. The monoisotopic (exact) mass is 427 g/mol. The van der Waals surface area contributed by atoms with Gasteiger partial charge < -0.3 is 4.74 Å². The first-order valence-electron chi connectivity index (χ1n) is 8.98. The maximum Gasteiger partial charge on any atom is 0.243 e. The highest BCUT2D eigenvalue weighted by Crippen LogP contribution is 2.29. The summed E-state index contributed by atoms with van der Waals surface area (Å²) < 4.78 is 71.4. The largest absolute Gasteiger partial charge is 0.491 e. The third-order valence-electron chi connectivity index (χ3n) is 4.75. The average molecular weight is 428 g/mol. The van der Waals surface area contributed by atoms with Crippen molar-refractivity contribution >= 4 is 19.9 Å². The number of hydrogen-bond acceptors (Lipinski definition) is 5. The summed E-state index contributed by atoms with van der Waals surface area (Å²) in [4.78, 5) is 0.0720. The van der Waals surface area contributed by atoms with Gasteiger partial charge in [0.25, 0.3) is 0 Å². The summed E-state index contributed by atoms with van der Waals surface area (Å²) in [5, 5.41) is -0.640. The Morgan fingerprint density at radius 2 is 1.64 bits per heavy atom. The van der Waals surface area contributed by atoms with Crippen LogP contribution in [0, 0.1) is 5.82 Å². The van der Waals surface area contributed by atoms with Crippen molar-refractivity contribution in [2.75, 3.05) is 19.7 Å². The summed E-state index contributed by atoms with van der Waals surface area (Å²) in [7, 11) is -7.42. The number of sulfonamides is 1. The molecule has 1 heterocycles. The molecule has 0 amide bonds. The Labute approximate surface area is 164 Å². The normalized spacial score (nSPS) is 16.8. The SMILES string of the molecule is CCOc1ccc(S(=O)(=O)N2CCC(S(=O)(=O)c3ccccc3)CC2)cc1F. The van der Waals surface area contributed by atoms with Gasteiger partial charge in [-0.15, -0.1) is 0 Å². The molecular weight excluding hydrogens is 405 g/mol. The van der Waals surface area contributed by atoms with Gasteiger partial charge in [0.1, 0.15) is 0 Å². The van der Waals surface area contributed by atoms with E-state index < -0.39 is 30.9 Å². The van der Waals surface area contributed by atoms with Crippen molar-refractivity contribution in [1.82, 2.24) is 4.31 Å². The second-order valence-electron chi connectivity index (χ2n) is 6.49. The lowest BCUT2D eigenvalue weighted by atomic mass is 10.2. The summed E-state index contributed by atoms with van der Waals surface area (Å²) in [5.41, 5.74) is 0. The van der Waals surface area contributed by atoms with E-state index in [-0.39, 0.29) is 48.1 Å². The first-order valence-corrected chi connectivity index (χ1v) is 12.0. The molecule has 0 atom stereocenters. The van der Waals surface area contributed by atoms with E-state index in [1.165, 1.54) is 16.4 Å². The van der Waals surface area contributed by atoms with E-state index in [2.05, 4.69) is 0 Å². The Bertz CT molecular complexity index is 1030. The van der Waals surface area contributed by atoms with Crippen LogP contribution in [0.1, 0.15) is 19.8 Å². The molecule has 2 aromatic carbocycles. The molecule has 152 valence electrons. The molecule has 0 aromatic heterocycles. The summed E-state index contributed by atoms with van der Waals surface area (Å²) in [5.74, 6) is -0.751. The van der Waals surface area contributed by atoms with Crippen LogP contribution in [0.5, 0.6) is 5.75 Å². The molecule has 0 spiro atoms. The van der Waals surface area contributed by atoms with Crippen LogP contribution >= 0.6 is 0 Å². The van der Waals surface area contributed by atoms with E-state index in [9.17, 15) is 21.2 Å². The molecule has 0 bridgehead atoms. The summed E-state index contributed by atoms with van der Waals surface area (Å²) in [6.07, 6.45) is 0.381. The first-order chi connectivity index (χ1) is 13.3.